The molecule has 120 valence electrons. The first kappa shape index (κ1) is 16.8. The number of pyridine rings is 1. The lowest BCUT2D eigenvalue weighted by atomic mass is 10.1. The summed E-state index contributed by atoms with van der Waals surface area (Å²) < 4.78 is 0. The molecule has 0 aliphatic carbocycles. The maximum Gasteiger partial charge on any atom is 0.0730 e. The van der Waals surface area contributed by atoms with E-state index in [1.807, 2.05) is 42.5 Å². The van der Waals surface area contributed by atoms with Crippen LogP contribution in [0.2, 0.25) is 10.0 Å². The van der Waals surface area contributed by atoms with Gasteiger partial charge in [-0.2, -0.15) is 0 Å². The van der Waals surface area contributed by atoms with Crippen LogP contribution in [0, 0.1) is 0 Å². The maximum absolute atomic E-state index is 6.31. The summed E-state index contributed by atoms with van der Waals surface area (Å²) in [5, 5.41) is 6.79. The SMILES string of the molecule is Clc1ccc(Cl)c(Nc2c3ccccc3nc3ccccc23)c1.[Cl-]. The van der Waals surface area contributed by atoms with Gasteiger partial charge in [-0.05, 0) is 30.3 Å². The van der Waals surface area contributed by atoms with Crippen LogP contribution in [-0.4, -0.2) is 4.98 Å². The highest BCUT2D eigenvalue weighted by Gasteiger charge is 2.10. The Bertz CT molecular complexity index is 977. The molecule has 24 heavy (non-hydrogen) atoms. The Kier molecular flexibility index (Phi) is 4.81. The van der Waals surface area contributed by atoms with Crippen molar-refractivity contribution in [3.8, 4) is 0 Å². The number of hydrogen-bond acceptors (Lipinski definition) is 2. The lowest BCUT2D eigenvalue weighted by Gasteiger charge is -2.14. The molecule has 0 bridgehead atoms. The molecule has 1 aromatic heterocycles. The van der Waals surface area contributed by atoms with Gasteiger partial charge in [0.05, 0.1) is 27.4 Å². The zero-order chi connectivity index (χ0) is 15.8. The summed E-state index contributed by atoms with van der Waals surface area (Å²) >= 11 is 12.4. The molecule has 0 unspecified atom stereocenters. The lowest BCUT2D eigenvalue weighted by Crippen LogP contribution is -3.00. The Labute approximate surface area is 155 Å². The zero-order valence-corrected chi connectivity index (χ0v) is 14.7. The Hall–Kier alpha value is -2.00. The van der Waals surface area contributed by atoms with Gasteiger partial charge in [-0.15, -0.1) is 0 Å². The normalized spacial score (nSPS) is 10.6. The number of para-hydroxylation sites is 2. The minimum absolute atomic E-state index is 0. The van der Waals surface area contributed by atoms with E-state index in [2.05, 4.69) is 17.4 Å². The van der Waals surface area contributed by atoms with Crippen LogP contribution in [0.1, 0.15) is 0 Å². The molecular formula is C19H12Cl3N2-. The van der Waals surface area contributed by atoms with Gasteiger partial charge in [-0.3, -0.25) is 0 Å². The average Bonchev–Trinajstić information content (AvgIpc) is 2.58. The molecule has 0 spiro atoms. The number of hydrogen-bond donors (Lipinski definition) is 1. The standard InChI is InChI=1S/C19H12Cl2N2.ClH/c20-12-9-10-15(21)18(11-12)23-19-13-5-1-3-7-16(13)22-17-8-4-2-6-14(17)19;/h1-11H,(H,22,23);1H/p-1. The first-order valence-electron chi connectivity index (χ1n) is 7.22. The molecule has 0 atom stereocenters. The van der Waals surface area contributed by atoms with Gasteiger partial charge in [0.25, 0.3) is 0 Å². The fourth-order valence-corrected chi connectivity index (χ4v) is 3.04. The predicted octanol–water partition coefficient (Wildman–Crippen LogP) is 3.44. The molecule has 5 heteroatoms. The first-order valence-corrected chi connectivity index (χ1v) is 7.97. The topological polar surface area (TPSA) is 24.9 Å². The van der Waals surface area contributed by atoms with E-state index in [0.717, 1.165) is 33.2 Å². The largest absolute Gasteiger partial charge is 1.00 e. The van der Waals surface area contributed by atoms with Crippen LogP contribution in [0.25, 0.3) is 21.8 Å². The molecule has 4 rings (SSSR count). The van der Waals surface area contributed by atoms with Crippen LogP contribution in [0.15, 0.2) is 66.7 Å². The molecule has 0 amide bonds. The van der Waals surface area contributed by atoms with E-state index in [4.69, 9.17) is 28.2 Å². The van der Waals surface area contributed by atoms with Crippen molar-refractivity contribution in [2.75, 3.05) is 5.32 Å². The second kappa shape index (κ2) is 6.86. The number of nitrogens with one attached hydrogen (secondary N) is 1. The number of benzene rings is 3. The number of fused-ring (bicyclic) bond motifs is 2. The molecule has 0 radical (unpaired) electrons. The van der Waals surface area contributed by atoms with E-state index in [0.29, 0.717) is 10.0 Å². The van der Waals surface area contributed by atoms with Gasteiger partial charge in [-0.1, -0.05) is 59.6 Å². The third kappa shape index (κ3) is 3.01. The molecular weight excluding hydrogens is 363 g/mol. The van der Waals surface area contributed by atoms with Crippen molar-refractivity contribution in [2.45, 2.75) is 0 Å². The summed E-state index contributed by atoms with van der Waals surface area (Å²) in [6.45, 7) is 0. The first-order chi connectivity index (χ1) is 11.2. The van der Waals surface area contributed by atoms with E-state index < -0.39 is 0 Å². The Morgan fingerprint density at radius 3 is 1.96 bits per heavy atom. The molecule has 0 aliphatic heterocycles. The van der Waals surface area contributed by atoms with Gasteiger partial charge in [0, 0.05) is 15.8 Å². The van der Waals surface area contributed by atoms with Crippen molar-refractivity contribution in [3.63, 3.8) is 0 Å². The molecule has 4 aromatic rings. The highest BCUT2D eigenvalue weighted by atomic mass is 35.5. The Morgan fingerprint density at radius 1 is 0.750 bits per heavy atom. The number of rotatable bonds is 2. The predicted molar refractivity (Wildman–Crippen MR) is 99.0 cm³/mol. The quantitative estimate of drug-likeness (QED) is 0.544. The fourth-order valence-electron chi connectivity index (χ4n) is 2.70. The molecule has 0 saturated carbocycles. The minimum atomic E-state index is 0. The van der Waals surface area contributed by atoms with Gasteiger partial charge in [-0.25, -0.2) is 4.98 Å². The highest BCUT2D eigenvalue weighted by Crippen LogP contribution is 2.35. The summed E-state index contributed by atoms with van der Waals surface area (Å²) in [6.07, 6.45) is 0. The summed E-state index contributed by atoms with van der Waals surface area (Å²) in [4.78, 5) is 4.72. The third-order valence-electron chi connectivity index (χ3n) is 3.78. The highest BCUT2D eigenvalue weighted by molar-refractivity contribution is 6.35. The zero-order valence-electron chi connectivity index (χ0n) is 12.4. The van der Waals surface area contributed by atoms with E-state index >= 15 is 0 Å². The molecule has 1 heterocycles. The average molecular weight is 375 g/mol. The third-order valence-corrected chi connectivity index (χ3v) is 4.34. The van der Waals surface area contributed by atoms with E-state index in [1.165, 1.54) is 0 Å². The molecule has 0 saturated heterocycles. The smallest absolute Gasteiger partial charge is 0.0730 e. The lowest BCUT2D eigenvalue weighted by molar-refractivity contribution is -0.00000426. The second-order valence-corrected chi connectivity index (χ2v) is 6.11. The molecule has 3 aromatic carbocycles. The Morgan fingerprint density at radius 2 is 1.33 bits per heavy atom. The minimum Gasteiger partial charge on any atom is -1.00 e. The van der Waals surface area contributed by atoms with Crippen LogP contribution >= 0.6 is 23.2 Å². The van der Waals surface area contributed by atoms with Crippen LogP contribution in [-0.2, 0) is 0 Å². The summed E-state index contributed by atoms with van der Waals surface area (Å²) in [5.41, 5.74) is 3.63. The van der Waals surface area contributed by atoms with Gasteiger partial charge < -0.3 is 17.7 Å². The van der Waals surface area contributed by atoms with Crippen LogP contribution < -0.4 is 17.7 Å². The second-order valence-electron chi connectivity index (χ2n) is 5.27. The number of anilines is 2. The van der Waals surface area contributed by atoms with Crippen molar-refractivity contribution >= 4 is 56.4 Å². The van der Waals surface area contributed by atoms with E-state index in [9.17, 15) is 0 Å². The van der Waals surface area contributed by atoms with Crippen molar-refractivity contribution in [1.29, 1.82) is 0 Å². The molecule has 2 nitrogen and oxygen atoms in total. The van der Waals surface area contributed by atoms with Crippen LogP contribution in [0.5, 0.6) is 0 Å². The van der Waals surface area contributed by atoms with Crippen molar-refractivity contribution < 1.29 is 12.4 Å². The molecule has 0 fully saturated rings. The molecule has 1 N–H and O–H groups in total. The van der Waals surface area contributed by atoms with Gasteiger partial charge in [0.15, 0.2) is 0 Å². The van der Waals surface area contributed by atoms with E-state index in [1.54, 1.807) is 12.1 Å². The van der Waals surface area contributed by atoms with E-state index in [-0.39, 0.29) is 12.4 Å². The van der Waals surface area contributed by atoms with Crippen LogP contribution in [0.4, 0.5) is 11.4 Å². The number of nitrogens with zero attached hydrogens (tertiary/aromatic N) is 1. The summed E-state index contributed by atoms with van der Waals surface area (Å²) in [5.74, 6) is 0. The van der Waals surface area contributed by atoms with Crippen LogP contribution in [0.3, 0.4) is 0 Å². The van der Waals surface area contributed by atoms with Gasteiger partial charge in [0.1, 0.15) is 0 Å². The van der Waals surface area contributed by atoms with Crippen molar-refractivity contribution in [2.24, 2.45) is 0 Å². The summed E-state index contributed by atoms with van der Waals surface area (Å²) in [6, 6.07) is 21.5. The van der Waals surface area contributed by atoms with Crippen molar-refractivity contribution in [1.82, 2.24) is 4.98 Å². The summed E-state index contributed by atoms with van der Waals surface area (Å²) in [7, 11) is 0. The van der Waals surface area contributed by atoms with Gasteiger partial charge in [0.2, 0.25) is 0 Å². The fraction of sp³-hybridized carbons (Fsp3) is 0. The number of aromatic nitrogens is 1. The maximum atomic E-state index is 6.31. The monoisotopic (exact) mass is 373 g/mol. The van der Waals surface area contributed by atoms with Crippen molar-refractivity contribution in [3.05, 3.63) is 76.8 Å². The Balaban J connectivity index is 0.00000169. The van der Waals surface area contributed by atoms with Gasteiger partial charge >= 0.3 is 0 Å². The number of halogens is 3. The molecule has 0 aliphatic rings.